The predicted molar refractivity (Wildman–Crippen MR) is 49.3 cm³/mol. The Morgan fingerprint density at radius 3 is 1.28 bits per heavy atom. The molecule has 0 radical (unpaired) electrons. The molecule has 0 saturated carbocycles. The molecule has 0 aromatic heterocycles. The minimum Gasteiger partial charge on any atom is -0.473 e. The molecule has 0 heterocycles. The highest BCUT2D eigenvalue weighted by atomic mass is 32.2. The van der Waals surface area contributed by atoms with Crippen molar-refractivity contribution in [3.63, 3.8) is 0 Å². The zero-order valence-corrected chi connectivity index (χ0v) is 8.74. The Bertz CT molecular complexity index is 329. The highest BCUT2D eigenvalue weighted by Gasteiger charge is 2.20. The molecule has 0 aromatic carbocycles. The van der Waals surface area contributed by atoms with Crippen molar-refractivity contribution in [2.45, 2.75) is 0 Å². The van der Waals surface area contributed by atoms with Gasteiger partial charge in [-0.2, -0.15) is 0 Å². The third-order valence-corrected chi connectivity index (χ3v) is 0.652. The van der Waals surface area contributed by atoms with Gasteiger partial charge in [-0.25, -0.2) is 19.2 Å². The highest BCUT2D eigenvalue weighted by Crippen LogP contribution is 2.06. The lowest BCUT2D eigenvalue weighted by molar-refractivity contribution is -0.159. The molecule has 0 bridgehead atoms. The molecule has 0 rings (SSSR count). The van der Waals surface area contributed by atoms with Crippen LogP contribution in [0.15, 0.2) is 8.80 Å². The standard InChI is InChI=1S/C2N2O2S.C2H2O4.BF4/c5-1-3-7-4-2-6;3-1(4)2(5)6;2-1(3,4)5/h;(H,3,4)(H,5,6);/q;;-1. The molecule has 0 saturated heterocycles. The highest BCUT2D eigenvalue weighted by molar-refractivity contribution is 7.96. The normalized spacial score (nSPS) is 8.00. The molecule has 2 N–H and O–H groups in total. The van der Waals surface area contributed by atoms with Crippen LogP contribution in [0.25, 0.3) is 0 Å². The van der Waals surface area contributed by atoms with E-state index in [1.165, 1.54) is 12.2 Å². The molecular weight excluding hydrogens is 291 g/mol. The maximum absolute atomic E-state index is 9.75. The lowest BCUT2D eigenvalue weighted by Gasteiger charge is -1.94. The van der Waals surface area contributed by atoms with E-state index in [0.717, 1.165) is 0 Å². The van der Waals surface area contributed by atoms with Gasteiger partial charge in [0.15, 0.2) is 0 Å². The van der Waals surface area contributed by atoms with E-state index in [9.17, 15) is 26.9 Å². The maximum Gasteiger partial charge on any atom is 0.673 e. The summed E-state index contributed by atoms with van der Waals surface area (Å²) in [5.74, 6) is -3.65. The molecule has 0 atom stereocenters. The number of aliphatic carboxylic acids is 2. The van der Waals surface area contributed by atoms with E-state index >= 15 is 0 Å². The van der Waals surface area contributed by atoms with Gasteiger partial charge in [-0.1, -0.05) is 0 Å². The fourth-order valence-corrected chi connectivity index (χ4v) is 0.161. The second-order valence-electron chi connectivity index (χ2n) is 1.55. The van der Waals surface area contributed by atoms with Gasteiger partial charge in [-0.15, -0.1) is 8.80 Å². The van der Waals surface area contributed by atoms with Crippen LogP contribution in [0, 0.1) is 0 Å². The molecule has 0 aromatic rings. The molecular formula is C4H2BF4N2O6S-. The van der Waals surface area contributed by atoms with Crippen molar-refractivity contribution >= 4 is 43.5 Å². The molecule has 102 valence electrons. The van der Waals surface area contributed by atoms with Crippen LogP contribution in [0.1, 0.15) is 0 Å². The Hall–Kier alpha value is -2.17. The topological polar surface area (TPSA) is 133 Å². The fraction of sp³-hybridized carbons (Fsp3) is 0. The van der Waals surface area contributed by atoms with Crippen LogP contribution in [0.4, 0.5) is 17.3 Å². The van der Waals surface area contributed by atoms with E-state index in [2.05, 4.69) is 8.80 Å². The second-order valence-corrected chi connectivity index (χ2v) is 2.08. The molecule has 14 heteroatoms. The van der Waals surface area contributed by atoms with Crippen LogP contribution in [-0.4, -0.2) is 41.6 Å². The van der Waals surface area contributed by atoms with E-state index in [0.29, 0.717) is 12.1 Å². The zero-order valence-electron chi connectivity index (χ0n) is 7.92. The van der Waals surface area contributed by atoms with Crippen molar-refractivity contribution in [3.8, 4) is 0 Å². The van der Waals surface area contributed by atoms with Crippen LogP contribution < -0.4 is 0 Å². The van der Waals surface area contributed by atoms with Gasteiger partial charge >= 0.3 is 19.2 Å². The average Bonchev–Trinajstić information content (AvgIpc) is 2.17. The van der Waals surface area contributed by atoms with Crippen LogP contribution in [-0.2, 0) is 19.2 Å². The van der Waals surface area contributed by atoms with Gasteiger partial charge in [0, 0.05) is 0 Å². The first-order chi connectivity index (χ1) is 8.06. The third kappa shape index (κ3) is 66.9. The summed E-state index contributed by atoms with van der Waals surface area (Å²) in [6.45, 7) is 0. The predicted octanol–water partition coefficient (Wildman–Crippen LogP) is 0.677. The Morgan fingerprint density at radius 1 is 0.944 bits per heavy atom. The Kier molecular flexibility index (Phi) is 15.2. The number of rotatable bonds is 2. The number of nitrogens with zero attached hydrogens (tertiary/aromatic N) is 2. The number of carbonyl (C=O) groups excluding carboxylic acids is 2. The van der Waals surface area contributed by atoms with E-state index in [-0.39, 0.29) is 0 Å². The number of hydrogen-bond donors (Lipinski definition) is 2. The average molecular weight is 293 g/mol. The van der Waals surface area contributed by atoms with Gasteiger partial charge in [0.05, 0.1) is 0 Å². The Labute approximate surface area is 99.8 Å². The molecule has 0 spiro atoms. The first-order valence-corrected chi connectivity index (χ1v) is 3.93. The molecule has 18 heavy (non-hydrogen) atoms. The monoisotopic (exact) mass is 293 g/mol. The smallest absolute Gasteiger partial charge is 0.473 e. The number of halogens is 4. The van der Waals surface area contributed by atoms with Gasteiger partial charge in [-0.3, -0.25) is 0 Å². The quantitative estimate of drug-likeness (QED) is 0.191. The van der Waals surface area contributed by atoms with Gasteiger partial charge in [0.25, 0.3) is 0 Å². The first-order valence-electron chi connectivity index (χ1n) is 3.20. The molecule has 0 aliphatic carbocycles. The summed E-state index contributed by atoms with van der Waals surface area (Å²) in [7, 11) is -6.00. The molecule has 0 unspecified atom stereocenters. The molecule has 0 aliphatic heterocycles. The largest absolute Gasteiger partial charge is 0.673 e. The summed E-state index contributed by atoms with van der Waals surface area (Å²) < 4.78 is 44.7. The van der Waals surface area contributed by atoms with Crippen molar-refractivity contribution in [1.29, 1.82) is 0 Å². The van der Waals surface area contributed by atoms with Crippen molar-refractivity contribution in [3.05, 3.63) is 0 Å². The van der Waals surface area contributed by atoms with Crippen LogP contribution in [0.2, 0.25) is 0 Å². The Balaban J connectivity index is -0.000000190. The van der Waals surface area contributed by atoms with E-state index in [1.54, 1.807) is 0 Å². The minimum absolute atomic E-state index is 0.456. The zero-order chi connectivity index (χ0) is 15.2. The van der Waals surface area contributed by atoms with Gasteiger partial charge in [0.1, 0.15) is 12.1 Å². The number of carboxylic acid groups (broad SMARTS) is 2. The molecule has 8 nitrogen and oxygen atoms in total. The summed E-state index contributed by atoms with van der Waals surface area (Å²) in [5, 5.41) is 14.8. The van der Waals surface area contributed by atoms with E-state index in [1.807, 2.05) is 0 Å². The number of carbonyl (C=O) groups is 2. The molecule has 0 amide bonds. The fourth-order valence-electron chi connectivity index (χ4n) is 0.0537. The lowest BCUT2D eigenvalue weighted by atomic mass is 10.3. The first kappa shape index (κ1) is 21.2. The molecule has 0 aliphatic rings. The van der Waals surface area contributed by atoms with E-state index < -0.39 is 19.2 Å². The van der Waals surface area contributed by atoms with E-state index in [4.69, 9.17) is 19.8 Å². The van der Waals surface area contributed by atoms with Gasteiger partial charge in [-0.05, 0) is 0 Å². The maximum atomic E-state index is 9.75. The van der Waals surface area contributed by atoms with Crippen LogP contribution in [0.5, 0.6) is 0 Å². The van der Waals surface area contributed by atoms with Crippen molar-refractivity contribution < 1.29 is 46.7 Å². The number of hydrogen-bond acceptors (Lipinski definition) is 7. The van der Waals surface area contributed by atoms with Crippen molar-refractivity contribution in [2.24, 2.45) is 8.80 Å². The Morgan fingerprint density at radius 2 is 1.17 bits per heavy atom. The summed E-state index contributed by atoms with van der Waals surface area (Å²) in [5.41, 5.74) is 0. The molecule has 0 fully saturated rings. The summed E-state index contributed by atoms with van der Waals surface area (Å²) >= 11 is 0.456. The summed E-state index contributed by atoms with van der Waals surface area (Å²) in [6, 6.07) is 0. The third-order valence-electron chi connectivity index (χ3n) is 0.339. The lowest BCUT2D eigenvalue weighted by Crippen LogP contribution is -2.09. The van der Waals surface area contributed by atoms with Crippen LogP contribution >= 0.6 is 12.1 Å². The summed E-state index contributed by atoms with van der Waals surface area (Å²) in [4.78, 5) is 36.6. The van der Waals surface area contributed by atoms with Gasteiger partial charge in [0.2, 0.25) is 12.2 Å². The number of carboxylic acids is 2. The number of isocyanates is 2. The summed E-state index contributed by atoms with van der Waals surface area (Å²) in [6.07, 6.45) is 2.34. The SMILES string of the molecule is F[B-](F)(F)F.O=C(O)C(=O)O.O=C=NSN=C=O. The van der Waals surface area contributed by atoms with Crippen molar-refractivity contribution in [2.75, 3.05) is 0 Å². The van der Waals surface area contributed by atoms with Crippen LogP contribution in [0.3, 0.4) is 0 Å². The second kappa shape index (κ2) is 12.9. The minimum atomic E-state index is -6.00. The van der Waals surface area contributed by atoms with Gasteiger partial charge < -0.3 is 27.5 Å². The van der Waals surface area contributed by atoms with Crippen molar-refractivity contribution in [1.82, 2.24) is 0 Å².